The highest BCUT2D eigenvalue weighted by Gasteiger charge is 2.85. The maximum atomic E-state index is 12.2. The zero-order chi connectivity index (χ0) is 29.3. The van der Waals surface area contributed by atoms with Crippen molar-refractivity contribution in [3.63, 3.8) is 0 Å². The van der Waals surface area contributed by atoms with Gasteiger partial charge in [-0.1, -0.05) is 36.4 Å². The fourth-order valence-electron chi connectivity index (χ4n) is 2.88. The summed E-state index contributed by atoms with van der Waals surface area (Å²) >= 11 is 4.56. The number of aromatic hydroxyl groups is 2. The highest BCUT2D eigenvalue weighted by Crippen LogP contribution is 2.54. The van der Waals surface area contributed by atoms with E-state index in [0.29, 0.717) is 0 Å². The quantitative estimate of drug-likeness (QED) is 0.145. The van der Waals surface area contributed by atoms with Gasteiger partial charge in [-0.3, -0.25) is 4.55 Å². The Hall–Kier alpha value is -3.11. The summed E-state index contributed by atoms with van der Waals surface area (Å²) in [6.07, 6.45) is -7.13. The molecule has 38 heavy (non-hydrogen) atoms. The topological polar surface area (TPSA) is 94.8 Å². The van der Waals surface area contributed by atoms with Gasteiger partial charge in [0.15, 0.2) is 0 Å². The highest BCUT2D eigenvalue weighted by molar-refractivity contribution is 7.87. The van der Waals surface area contributed by atoms with E-state index in [0.717, 1.165) is 27.1 Å². The van der Waals surface area contributed by atoms with E-state index < -0.39 is 33.4 Å². The van der Waals surface area contributed by atoms with Crippen molar-refractivity contribution in [2.45, 2.75) is 28.2 Å². The Balaban J connectivity index is 0.000000275. The highest BCUT2D eigenvalue weighted by atomic mass is 32.2. The van der Waals surface area contributed by atoms with E-state index in [-0.39, 0.29) is 11.5 Å². The van der Waals surface area contributed by atoms with Gasteiger partial charge in [0.2, 0.25) is 0 Å². The maximum Gasteiger partial charge on any atom is 0.460 e. The first-order valence-electron chi connectivity index (χ1n) is 9.73. The SMILES string of the molecule is O=S(=O)(O)C(F)(F)C(F)(F)C(F)(F)C(F)(F)F.Oc1ccc(-c2cccc(S)c2-c2ccc(O)cc2)cc1. The Kier molecular flexibility index (Phi) is 8.65. The Bertz CT molecular complexity index is 1370. The third-order valence-corrected chi connectivity index (χ3v) is 6.09. The second-order valence-electron chi connectivity index (χ2n) is 7.43. The van der Waals surface area contributed by atoms with Crippen LogP contribution >= 0.6 is 12.6 Å². The molecule has 0 radical (unpaired) electrons. The van der Waals surface area contributed by atoms with Crippen LogP contribution in [0.1, 0.15) is 0 Å². The maximum absolute atomic E-state index is 12.2. The minimum absolute atomic E-state index is 0.238. The van der Waals surface area contributed by atoms with Gasteiger partial charge in [0.1, 0.15) is 11.5 Å². The largest absolute Gasteiger partial charge is 0.508 e. The number of thiol groups is 1. The molecule has 0 aliphatic carbocycles. The van der Waals surface area contributed by atoms with Gasteiger partial charge in [-0.2, -0.15) is 47.9 Å². The van der Waals surface area contributed by atoms with Crippen LogP contribution < -0.4 is 0 Å². The molecular formula is C22H15F9O5S2. The molecule has 0 aliphatic heterocycles. The molecule has 0 atom stereocenters. The van der Waals surface area contributed by atoms with Gasteiger partial charge < -0.3 is 10.2 Å². The van der Waals surface area contributed by atoms with Crippen LogP contribution in [0.25, 0.3) is 22.3 Å². The first-order valence-corrected chi connectivity index (χ1v) is 11.6. The molecule has 3 N–H and O–H groups in total. The molecule has 208 valence electrons. The van der Waals surface area contributed by atoms with Crippen molar-refractivity contribution in [3.05, 3.63) is 66.7 Å². The van der Waals surface area contributed by atoms with Gasteiger partial charge >= 0.3 is 33.4 Å². The van der Waals surface area contributed by atoms with Crippen molar-refractivity contribution >= 4 is 22.7 Å². The van der Waals surface area contributed by atoms with Crippen LogP contribution in [-0.2, 0) is 10.1 Å². The first kappa shape index (κ1) is 31.1. The standard InChI is InChI=1S/C18H14O2S.C4HF9O3S/c19-14-8-4-12(5-9-14)16-2-1-3-17(21)18(16)13-6-10-15(20)11-7-13;5-1(6,3(9,10)11)2(7,8)4(12,13)17(14,15)16/h1-11,19-21H;(H,14,15,16). The Morgan fingerprint density at radius 1 is 0.632 bits per heavy atom. The predicted molar refractivity (Wildman–Crippen MR) is 120 cm³/mol. The Labute approximate surface area is 214 Å². The number of phenols is 2. The van der Waals surface area contributed by atoms with Gasteiger partial charge in [0, 0.05) is 10.5 Å². The number of halogens is 9. The van der Waals surface area contributed by atoms with E-state index in [2.05, 4.69) is 12.6 Å². The number of alkyl halides is 9. The average molecular weight is 594 g/mol. The second kappa shape index (κ2) is 10.6. The molecule has 0 spiro atoms. The minimum atomic E-state index is -7.37. The number of hydrogen-bond acceptors (Lipinski definition) is 5. The van der Waals surface area contributed by atoms with E-state index in [1.165, 1.54) is 0 Å². The lowest BCUT2D eigenvalue weighted by atomic mass is 9.94. The summed E-state index contributed by atoms with van der Waals surface area (Å²) in [4.78, 5) is 0.867. The predicted octanol–water partition coefficient (Wildman–Crippen LogP) is 7.02. The van der Waals surface area contributed by atoms with E-state index in [1.807, 2.05) is 42.5 Å². The molecule has 3 rings (SSSR count). The monoisotopic (exact) mass is 594 g/mol. The van der Waals surface area contributed by atoms with Crippen molar-refractivity contribution in [1.29, 1.82) is 0 Å². The summed E-state index contributed by atoms with van der Waals surface area (Å²) in [5.74, 6) is -14.2. The molecule has 0 bridgehead atoms. The van der Waals surface area contributed by atoms with E-state index in [1.54, 1.807) is 24.3 Å². The van der Waals surface area contributed by atoms with Crippen LogP contribution in [0.5, 0.6) is 11.5 Å². The van der Waals surface area contributed by atoms with Crippen molar-refractivity contribution in [3.8, 4) is 33.8 Å². The van der Waals surface area contributed by atoms with Gasteiger partial charge in [0.05, 0.1) is 0 Å². The number of phenolic OH excluding ortho intramolecular Hbond substituents is 2. The number of hydrogen-bond donors (Lipinski definition) is 4. The van der Waals surface area contributed by atoms with Gasteiger partial charge in [-0.25, -0.2) is 0 Å². The molecule has 0 fully saturated rings. The molecule has 0 aliphatic rings. The average Bonchev–Trinajstić information content (AvgIpc) is 2.79. The molecule has 0 heterocycles. The van der Waals surface area contributed by atoms with Crippen molar-refractivity contribution in [2.75, 3.05) is 0 Å². The zero-order valence-corrected chi connectivity index (χ0v) is 20.0. The van der Waals surface area contributed by atoms with E-state index in [9.17, 15) is 58.1 Å². The molecule has 3 aromatic carbocycles. The molecule has 5 nitrogen and oxygen atoms in total. The second-order valence-corrected chi connectivity index (χ2v) is 9.38. The smallest absolute Gasteiger partial charge is 0.460 e. The third kappa shape index (κ3) is 5.96. The molecule has 16 heteroatoms. The number of benzene rings is 3. The lowest BCUT2D eigenvalue weighted by Gasteiger charge is -2.31. The lowest BCUT2D eigenvalue weighted by Crippen LogP contribution is -2.63. The summed E-state index contributed by atoms with van der Waals surface area (Å²) in [6, 6.07) is 20.1. The zero-order valence-electron chi connectivity index (χ0n) is 18.3. The van der Waals surface area contributed by atoms with Crippen molar-refractivity contribution < 1.29 is 62.7 Å². The van der Waals surface area contributed by atoms with Crippen LogP contribution in [0, 0.1) is 0 Å². The molecule has 3 aromatic rings. The molecule has 0 amide bonds. The van der Waals surface area contributed by atoms with Gasteiger partial charge in [-0.05, 0) is 47.0 Å². The number of rotatable bonds is 5. The van der Waals surface area contributed by atoms with Gasteiger partial charge in [0.25, 0.3) is 0 Å². The van der Waals surface area contributed by atoms with Crippen LogP contribution in [0.4, 0.5) is 39.5 Å². The van der Waals surface area contributed by atoms with Crippen LogP contribution in [0.3, 0.4) is 0 Å². The van der Waals surface area contributed by atoms with Crippen LogP contribution in [0.2, 0.25) is 0 Å². The summed E-state index contributed by atoms with van der Waals surface area (Å²) in [5, 5.41) is 11.9. The molecule has 0 aromatic heterocycles. The molecular weight excluding hydrogens is 579 g/mol. The Morgan fingerprint density at radius 2 is 1.05 bits per heavy atom. The molecule has 0 saturated heterocycles. The van der Waals surface area contributed by atoms with E-state index >= 15 is 0 Å². The van der Waals surface area contributed by atoms with Crippen molar-refractivity contribution in [1.82, 2.24) is 0 Å². The van der Waals surface area contributed by atoms with Crippen LogP contribution in [-0.4, -0.2) is 46.5 Å². The van der Waals surface area contributed by atoms with Gasteiger partial charge in [-0.15, -0.1) is 12.6 Å². The lowest BCUT2D eigenvalue weighted by molar-refractivity contribution is -0.382. The molecule has 0 unspecified atom stereocenters. The van der Waals surface area contributed by atoms with E-state index in [4.69, 9.17) is 4.55 Å². The normalized spacial score (nSPS) is 13.0. The third-order valence-electron chi connectivity index (χ3n) is 4.82. The fourth-order valence-corrected chi connectivity index (χ4v) is 3.66. The Morgan fingerprint density at radius 3 is 1.45 bits per heavy atom. The minimum Gasteiger partial charge on any atom is -0.508 e. The molecule has 0 saturated carbocycles. The summed E-state index contributed by atoms with van der Waals surface area (Å²) < 4.78 is 134. The van der Waals surface area contributed by atoms with Crippen molar-refractivity contribution in [2.24, 2.45) is 0 Å². The summed E-state index contributed by atoms with van der Waals surface area (Å²) in [6.45, 7) is 0. The summed E-state index contributed by atoms with van der Waals surface area (Å²) in [7, 11) is -7.17. The van der Waals surface area contributed by atoms with Crippen LogP contribution in [0.15, 0.2) is 71.6 Å². The fraction of sp³-hybridized carbons (Fsp3) is 0.182. The summed E-state index contributed by atoms with van der Waals surface area (Å²) in [5.41, 5.74) is 4.04. The first-order chi connectivity index (χ1) is 17.1.